The van der Waals surface area contributed by atoms with Gasteiger partial charge in [0.15, 0.2) is 6.10 Å². The molecule has 0 saturated carbocycles. The van der Waals surface area contributed by atoms with Crippen LogP contribution >= 0.6 is 7.82 Å². The van der Waals surface area contributed by atoms with Crippen molar-refractivity contribution < 1.29 is 42.1 Å². The van der Waals surface area contributed by atoms with Crippen LogP contribution in [0.3, 0.4) is 0 Å². The van der Waals surface area contributed by atoms with Gasteiger partial charge in [-0.2, -0.15) is 0 Å². The summed E-state index contributed by atoms with van der Waals surface area (Å²) in [6.07, 6.45) is 52.2. The topological polar surface area (TPSA) is 111 Å². The average molecular weight is 862 g/mol. The number of phosphoric acid groups is 1. The van der Waals surface area contributed by atoms with E-state index in [1.54, 1.807) is 0 Å². The maximum atomic E-state index is 12.7. The molecule has 0 aliphatic heterocycles. The smallest absolute Gasteiger partial charge is 0.306 e. The summed E-state index contributed by atoms with van der Waals surface area (Å²) in [4.78, 5) is 37.6. The van der Waals surface area contributed by atoms with Crippen molar-refractivity contribution in [1.29, 1.82) is 0 Å². The Morgan fingerprint density at radius 3 is 1.48 bits per heavy atom. The lowest BCUT2D eigenvalue weighted by atomic mass is 10.1. The predicted molar refractivity (Wildman–Crippen MR) is 249 cm³/mol. The Morgan fingerprint density at radius 1 is 0.533 bits per heavy atom. The van der Waals surface area contributed by atoms with E-state index in [2.05, 4.69) is 80.7 Å². The van der Waals surface area contributed by atoms with E-state index in [4.69, 9.17) is 18.5 Å². The second-order valence-electron chi connectivity index (χ2n) is 16.7. The first-order valence-corrected chi connectivity index (χ1v) is 25.1. The maximum absolute atomic E-state index is 12.7. The van der Waals surface area contributed by atoms with Crippen LogP contribution in [0.15, 0.2) is 72.9 Å². The Labute approximate surface area is 368 Å². The second kappa shape index (κ2) is 41.8. The molecule has 0 aliphatic rings. The molecule has 0 N–H and O–H groups in total. The molecule has 0 heterocycles. The van der Waals surface area contributed by atoms with Crippen LogP contribution in [0.5, 0.6) is 0 Å². The minimum atomic E-state index is -4.65. The molecule has 0 spiro atoms. The number of phosphoric ester groups is 1. The fourth-order valence-electron chi connectivity index (χ4n) is 6.04. The first kappa shape index (κ1) is 57.4. The highest BCUT2D eigenvalue weighted by Gasteiger charge is 2.21. The molecule has 0 radical (unpaired) electrons. The third-order valence-electron chi connectivity index (χ3n) is 9.71. The van der Waals surface area contributed by atoms with E-state index in [0.717, 1.165) is 57.8 Å². The summed E-state index contributed by atoms with van der Waals surface area (Å²) in [5.74, 6) is -0.908. The zero-order valence-electron chi connectivity index (χ0n) is 38.9. The van der Waals surface area contributed by atoms with Crippen LogP contribution in [0, 0.1) is 0 Å². The number of carbonyl (C=O) groups is 2. The zero-order chi connectivity index (χ0) is 44.3. The molecule has 346 valence electrons. The lowest BCUT2D eigenvalue weighted by Gasteiger charge is -2.28. The maximum Gasteiger partial charge on any atom is 0.306 e. The summed E-state index contributed by atoms with van der Waals surface area (Å²) >= 11 is 0. The fourth-order valence-corrected chi connectivity index (χ4v) is 6.77. The summed E-state index contributed by atoms with van der Waals surface area (Å²) in [6.45, 7) is 4.04. The van der Waals surface area contributed by atoms with Crippen LogP contribution in [0.1, 0.15) is 181 Å². The van der Waals surface area contributed by atoms with Gasteiger partial charge in [-0.3, -0.25) is 14.2 Å². The van der Waals surface area contributed by atoms with E-state index < -0.39 is 32.5 Å². The first-order valence-electron chi connectivity index (χ1n) is 23.6. The van der Waals surface area contributed by atoms with Crippen molar-refractivity contribution in [1.82, 2.24) is 0 Å². The number of likely N-dealkylation sites (N-methyl/N-ethyl adjacent to an activating group) is 1. The van der Waals surface area contributed by atoms with E-state index in [9.17, 15) is 19.0 Å². The first-order chi connectivity index (χ1) is 29.0. The number of hydrogen-bond acceptors (Lipinski definition) is 8. The van der Waals surface area contributed by atoms with Crippen LogP contribution in [-0.4, -0.2) is 70.0 Å². The molecule has 0 aromatic heterocycles. The van der Waals surface area contributed by atoms with Gasteiger partial charge in [-0.1, -0.05) is 164 Å². The van der Waals surface area contributed by atoms with Gasteiger partial charge in [0, 0.05) is 12.8 Å². The summed E-state index contributed by atoms with van der Waals surface area (Å²) in [5, 5.41) is 0. The van der Waals surface area contributed by atoms with Crippen LogP contribution < -0.4 is 4.89 Å². The second-order valence-corrected chi connectivity index (χ2v) is 18.1. The number of quaternary nitrogens is 1. The normalized spacial score (nSPS) is 14.2. The molecule has 0 aromatic rings. The Bertz CT molecular complexity index is 1250. The SMILES string of the molecule is CC/C=C\C/C=C\C/C=C\C/C=C\C/C=C\CCCC(=O)O[C@H](COC(=O)CCCCCCCCCCC/C=C\CCCCCCCC)COP(=O)([O-])OCC[N+](C)(C)C. The summed E-state index contributed by atoms with van der Waals surface area (Å²) in [7, 11) is 1.12. The van der Waals surface area contributed by atoms with Crippen molar-refractivity contribution >= 4 is 19.8 Å². The van der Waals surface area contributed by atoms with Crippen LogP contribution in [0.2, 0.25) is 0 Å². The molecule has 2 atom stereocenters. The Morgan fingerprint density at radius 2 is 0.967 bits per heavy atom. The van der Waals surface area contributed by atoms with Crippen LogP contribution in [-0.2, 0) is 32.7 Å². The number of unbranched alkanes of at least 4 members (excludes halogenated alkanes) is 16. The predicted octanol–water partition coefficient (Wildman–Crippen LogP) is 13.2. The lowest BCUT2D eigenvalue weighted by Crippen LogP contribution is -2.37. The molecule has 0 aliphatic carbocycles. The minimum absolute atomic E-state index is 0.0449. The van der Waals surface area contributed by atoms with Gasteiger partial charge < -0.3 is 27.9 Å². The molecule has 1 unspecified atom stereocenters. The minimum Gasteiger partial charge on any atom is -0.756 e. The van der Waals surface area contributed by atoms with E-state index >= 15 is 0 Å². The zero-order valence-corrected chi connectivity index (χ0v) is 39.8. The Kier molecular flexibility index (Phi) is 40.0. The van der Waals surface area contributed by atoms with Gasteiger partial charge in [0.2, 0.25) is 0 Å². The van der Waals surface area contributed by atoms with Crippen LogP contribution in [0.4, 0.5) is 0 Å². The number of carbonyl (C=O) groups excluding carboxylic acids is 2. The molecular weight excluding hydrogens is 774 g/mol. The van der Waals surface area contributed by atoms with Gasteiger partial charge in [0.1, 0.15) is 19.8 Å². The number of ether oxygens (including phenoxy) is 2. The number of nitrogens with zero attached hydrogens (tertiary/aromatic N) is 1. The van der Waals surface area contributed by atoms with E-state index in [1.807, 2.05) is 27.2 Å². The average Bonchev–Trinajstić information content (AvgIpc) is 3.20. The highest BCUT2D eigenvalue weighted by molar-refractivity contribution is 7.45. The van der Waals surface area contributed by atoms with Crippen molar-refractivity contribution in [3.8, 4) is 0 Å². The molecule has 0 rings (SSSR count). The Balaban J connectivity index is 4.40. The molecule has 0 saturated heterocycles. The highest BCUT2D eigenvalue weighted by atomic mass is 31.2. The molecule has 0 bridgehead atoms. The van der Waals surface area contributed by atoms with Crippen molar-refractivity contribution in [3.63, 3.8) is 0 Å². The van der Waals surface area contributed by atoms with Crippen molar-refractivity contribution in [3.05, 3.63) is 72.9 Å². The van der Waals surface area contributed by atoms with Crippen molar-refractivity contribution in [2.75, 3.05) is 47.5 Å². The fraction of sp³-hybridized carbons (Fsp3) is 0.720. The molecule has 9 nitrogen and oxygen atoms in total. The molecule has 0 aromatic carbocycles. The highest BCUT2D eigenvalue weighted by Crippen LogP contribution is 2.38. The molecule has 10 heteroatoms. The number of hydrogen-bond donors (Lipinski definition) is 0. The largest absolute Gasteiger partial charge is 0.756 e. The molecule has 0 amide bonds. The van der Waals surface area contributed by atoms with Gasteiger partial charge in [0.25, 0.3) is 7.82 Å². The van der Waals surface area contributed by atoms with E-state index in [-0.39, 0.29) is 26.1 Å². The monoisotopic (exact) mass is 862 g/mol. The molecule has 0 fully saturated rings. The summed E-state index contributed by atoms with van der Waals surface area (Å²) in [6, 6.07) is 0. The van der Waals surface area contributed by atoms with E-state index in [1.165, 1.54) is 83.5 Å². The van der Waals surface area contributed by atoms with Gasteiger partial charge in [0.05, 0.1) is 27.7 Å². The standard InChI is InChI=1S/C50H88NO8P/c1-6-8-10-12-14-16-18-20-22-24-25-27-28-30-32-34-36-38-40-42-49(52)56-46-48(47-58-60(54,55)57-45-44-51(3,4)5)59-50(53)43-41-39-37-35-33-31-29-26-23-21-19-17-15-13-11-9-7-2/h9,11,15,17,20-23,29,31,35,37,48H,6-8,10,12-14,16,18-19,24-28,30,32-34,36,38-47H2,1-5H3/b11-9-,17-15-,22-20-,23-21-,31-29-,37-35-/t48-/m1/s1. The number of allylic oxidation sites excluding steroid dienone is 12. The molecular formula is C50H88NO8P. The summed E-state index contributed by atoms with van der Waals surface area (Å²) in [5.41, 5.74) is 0. The van der Waals surface area contributed by atoms with Gasteiger partial charge in [-0.15, -0.1) is 0 Å². The van der Waals surface area contributed by atoms with Crippen LogP contribution in [0.25, 0.3) is 0 Å². The third kappa shape index (κ3) is 45.0. The molecule has 60 heavy (non-hydrogen) atoms. The van der Waals surface area contributed by atoms with Crippen molar-refractivity contribution in [2.24, 2.45) is 0 Å². The number of esters is 2. The van der Waals surface area contributed by atoms with Gasteiger partial charge in [-0.05, 0) is 77.0 Å². The summed E-state index contributed by atoms with van der Waals surface area (Å²) < 4.78 is 33.9. The van der Waals surface area contributed by atoms with Crippen molar-refractivity contribution in [2.45, 2.75) is 187 Å². The third-order valence-corrected chi connectivity index (χ3v) is 10.7. The number of rotatable bonds is 42. The van der Waals surface area contributed by atoms with Gasteiger partial charge >= 0.3 is 11.9 Å². The Hall–Kier alpha value is -2.55. The van der Waals surface area contributed by atoms with Gasteiger partial charge in [-0.25, -0.2) is 0 Å². The quantitative estimate of drug-likeness (QED) is 0.0196. The lowest BCUT2D eigenvalue weighted by molar-refractivity contribution is -0.870. The van der Waals surface area contributed by atoms with E-state index in [0.29, 0.717) is 23.9 Å².